The first-order valence-corrected chi connectivity index (χ1v) is 7.35. The van der Waals surface area contributed by atoms with Gasteiger partial charge < -0.3 is 15.0 Å². The summed E-state index contributed by atoms with van der Waals surface area (Å²) >= 11 is 0. The van der Waals surface area contributed by atoms with E-state index < -0.39 is 0 Å². The van der Waals surface area contributed by atoms with E-state index in [4.69, 9.17) is 4.74 Å². The monoisotopic (exact) mass is 297 g/mol. The fourth-order valence-corrected chi connectivity index (χ4v) is 2.64. The molecule has 1 aromatic carbocycles. The summed E-state index contributed by atoms with van der Waals surface area (Å²) < 4.78 is 5.18. The first-order chi connectivity index (χ1) is 10.8. The van der Waals surface area contributed by atoms with Gasteiger partial charge in [-0.3, -0.25) is 4.79 Å². The van der Waals surface area contributed by atoms with Crippen molar-refractivity contribution >= 4 is 11.7 Å². The van der Waals surface area contributed by atoms with Crippen LogP contribution in [0.5, 0.6) is 5.75 Å². The number of hydrogen-bond donors (Lipinski definition) is 1. The van der Waals surface area contributed by atoms with Gasteiger partial charge in [-0.1, -0.05) is 18.2 Å². The van der Waals surface area contributed by atoms with E-state index in [1.807, 2.05) is 35.2 Å². The van der Waals surface area contributed by atoms with Gasteiger partial charge >= 0.3 is 0 Å². The number of methoxy groups -OCH3 is 1. The predicted octanol–water partition coefficient (Wildman–Crippen LogP) is 1.77. The number of carbonyl (C=O) groups excluding carboxylic acids is 1. The Labute approximate surface area is 129 Å². The lowest BCUT2D eigenvalue weighted by Crippen LogP contribution is -2.36. The highest BCUT2D eigenvalue weighted by molar-refractivity contribution is 5.81. The van der Waals surface area contributed by atoms with Crippen LogP contribution in [0.1, 0.15) is 11.1 Å². The van der Waals surface area contributed by atoms with Crippen LogP contribution in [0.3, 0.4) is 0 Å². The molecule has 22 heavy (non-hydrogen) atoms. The predicted molar refractivity (Wildman–Crippen MR) is 85.0 cm³/mol. The highest BCUT2D eigenvalue weighted by Gasteiger charge is 2.21. The SMILES string of the molecule is COc1cccc(CNC(=O)CN2CCc3cccnc32)c1. The molecule has 0 atom stereocenters. The molecule has 0 saturated heterocycles. The molecule has 5 nitrogen and oxygen atoms in total. The minimum atomic E-state index is 0.00122. The van der Waals surface area contributed by atoms with Crippen LogP contribution in [-0.4, -0.2) is 31.1 Å². The van der Waals surface area contributed by atoms with Gasteiger partial charge in [0.1, 0.15) is 11.6 Å². The van der Waals surface area contributed by atoms with Crippen LogP contribution in [0.4, 0.5) is 5.82 Å². The van der Waals surface area contributed by atoms with E-state index in [2.05, 4.69) is 16.4 Å². The van der Waals surface area contributed by atoms with Crippen molar-refractivity contribution in [2.75, 3.05) is 25.1 Å². The molecular formula is C17H19N3O2. The second-order valence-electron chi connectivity index (χ2n) is 5.29. The van der Waals surface area contributed by atoms with Gasteiger partial charge in [-0.15, -0.1) is 0 Å². The summed E-state index contributed by atoms with van der Waals surface area (Å²) in [7, 11) is 1.63. The van der Waals surface area contributed by atoms with Gasteiger partial charge in [0, 0.05) is 19.3 Å². The van der Waals surface area contributed by atoms with E-state index in [-0.39, 0.29) is 5.91 Å². The molecule has 1 aliphatic rings. The zero-order chi connectivity index (χ0) is 15.4. The Morgan fingerprint density at radius 1 is 1.36 bits per heavy atom. The Kier molecular flexibility index (Phi) is 4.23. The molecule has 114 valence electrons. The van der Waals surface area contributed by atoms with Crippen LogP contribution < -0.4 is 15.0 Å². The number of rotatable bonds is 5. The number of nitrogens with zero attached hydrogens (tertiary/aromatic N) is 2. The van der Waals surface area contributed by atoms with Crippen LogP contribution in [0.2, 0.25) is 0 Å². The van der Waals surface area contributed by atoms with Gasteiger partial charge in [0.2, 0.25) is 5.91 Å². The fraction of sp³-hybridized carbons (Fsp3) is 0.294. The second-order valence-corrected chi connectivity index (χ2v) is 5.29. The molecule has 2 heterocycles. The Morgan fingerprint density at radius 2 is 2.27 bits per heavy atom. The average Bonchev–Trinajstić information content (AvgIpc) is 2.96. The van der Waals surface area contributed by atoms with Crippen LogP contribution in [0.15, 0.2) is 42.6 Å². The topological polar surface area (TPSA) is 54.5 Å². The Hall–Kier alpha value is -2.56. The summed E-state index contributed by atoms with van der Waals surface area (Å²) in [4.78, 5) is 18.5. The second kappa shape index (κ2) is 6.47. The normalized spacial score (nSPS) is 12.9. The number of anilines is 1. The molecule has 0 bridgehead atoms. The quantitative estimate of drug-likeness (QED) is 0.914. The van der Waals surface area contributed by atoms with Crippen molar-refractivity contribution in [3.63, 3.8) is 0 Å². The van der Waals surface area contributed by atoms with Gasteiger partial charge in [-0.05, 0) is 35.7 Å². The molecule has 1 aromatic heterocycles. The fourth-order valence-electron chi connectivity index (χ4n) is 2.64. The Bertz CT molecular complexity index is 672. The van der Waals surface area contributed by atoms with Crippen molar-refractivity contribution < 1.29 is 9.53 Å². The summed E-state index contributed by atoms with van der Waals surface area (Å²) in [5, 5.41) is 2.94. The van der Waals surface area contributed by atoms with Gasteiger partial charge in [0.15, 0.2) is 0 Å². The maximum absolute atomic E-state index is 12.1. The Balaban J connectivity index is 1.55. The highest BCUT2D eigenvalue weighted by Crippen LogP contribution is 2.24. The maximum atomic E-state index is 12.1. The van der Waals surface area contributed by atoms with Crippen LogP contribution in [0.25, 0.3) is 0 Å². The number of aromatic nitrogens is 1. The maximum Gasteiger partial charge on any atom is 0.239 e. The molecule has 0 spiro atoms. The minimum Gasteiger partial charge on any atom is -0.497 e. The lowest BCUT2D eigenvalue weighted by atomic mass is 10.2. The molecule has 1 N–H and O–H groups in total. The number of pyridine rings is 1. The first-order valence-electron chi connectivity index (χ1n) is 7.35. The highest BCUT2D eigenvalue weighted by atomic mass is 16.5. The lowest BCUT2D eigenvalue weighted by molar-refractivity contribution is -0.119. The smallest absolute Gasteiger partial charge is 0.239 e. The molecule has 2 aromatic rings. The zero-order valence-electron chi connectivity index (χ0n) is 12.6. The molecule has 5 heteroatoms. The molecule has 0 fully saturated rings. The largest absolute Gasteiger partial charge is 0.497 e. The summed E-state index contributed by atoms with van der Waals surface area (Å²) in [5.74, 6) is 1.73. The van der Waals surface area contributed by atoms with E-state index in [0.717, 1.165) is 30.1 Å². The van der Waals surface area contributed by atoms with Crippen molar-refractivity contribution in [2.45, 2.75) is 13.0 Å². The van der Waals surface area contributed by atoms with Crippen molar-refractivity contribution in [3.05, 3.63) is 53.7 Å². The zero-order valence-corrected chi connectivity index (χ0v) is 12.6. The molecule has 0 unspecified atom stereocenters. The van der Waals surface area contributed by atoms with Gasteiger partial charge in [-0.25, -0.2) is 4.98 Å². The van der Waals surface area contributed by atoms with Crippen LogP contribution in [0, 0.1) is 0 Å². The average molecular weight is 297 g/mol. The number of fused-ring (bicyclic) bond motifs is 1. The third-order valence-electron chi connectivity index (χ3n) is 3.78. The number of hydrogen-bond acceptors (Lipinski definition) is 4. The molecule has 3 rings (SSSR count). The number of nitrogens with one attached hydrogen (secondary N) is 1. The third kappa shape index (κ3) is 3.19. The van der Waals surface area contributed by atoms with Gasteiger partial charge in [-0.2, -0.15) is 0 Å². The summed E-state index contributed by atoms with van der Waals surface area (Å²) in [6.45, 7) is 1.69. The molecule has 0 aliphatic carbocycles. The van der Waals surface area contributed by atoms with E-state index in [1.165, 1.54) is 5.56 Å². The van der Waals surface area contributed by atoms with E-state index in [9.17, 15) is 4.79 Å². The molecule has 0 radical (unpaired) electrons. The summed E-state index contributed by atoms with van der Waals surface area (Å²) in [6, 6.07) is 11.7. The van der Waals surface area contributed by atoms with Crippen molar-refractivity contribution in [1.82, 2.24) is 10.3 Å². The van der Waals surface area contributed by atoms with Gasteiger partial charge in [0.05, 0.1) is 13.7 Å². The van der Waals surface area contributed by atoms with E-state index in [0.29, 0.717) is 13.1 Å². The van der Waals surface area contributed by atoms with Crippen LogP contribution in [-0.2, 0) is 17.8 Å². The molecule has 1 amide bonds. The lowest BCUT2D eigenvalue weighted by Gasteiger charge is -2.17. The van der Waals surface area contributed by atoms with Crippen molar-refractivity contribution in [2.24, 2.45) is 0 Å². The Morgan fingerprint density at radius 3 is 3.14 bits per heavy atom. The number of carbonyl (C=O) groups is 1. The molecule has 1 aliphatic heterocycles. The van der Waals surface area contributed by atoms with Gasteiger partial charge in [0.25, 0.3) is 0 Å². The first kappa shape index (κ1) is 14.4. The summed E-state index contributed by atoms with van der Waals surface area (Å²) in [6.07, 6.45) is 2.72. The van der Waals surface area contributed by atoms with Crippen molar-refractivity contribution in [3.8, 4) is 5.75 Å². The minimum absolute atomic E-state index is 0.00122. The molecule has 0 saturated carbocycles. The van der Waals surface area contributed by atoms with Crippen molar-refractivity contribution in [1.29, 1.82) is 0 Å². The molecular weight excluding hydrogens is 278 g/mol. The third-order valence-corrected chi connectivity index (χ3v) is 3.78. The standard InChI is InChI=1S/C17H19N3O2/c1-22-15-6-2-4-13(10-15)11-19-16(21)12-20-9-7-14-5-3-8-18-17(14)20/h2-6,8,10H,7,9,11-12H2,1H3,(H,19,21). The number of benzene rings is 1. The van der Waals surface area contributed by atoms with Crippen LogP contribution >= 0.6 is 0 Å². The number of ether oxygens (including phenoxy) is 1. The number of amides is 1. The van der Waals surface area contributed by atoms with E-state index in [1.54, 1.807) is 13.3 Å². The van der Waals surface area contributed by atoms with E-state index >= 15 is 0 Å². The summed E-state index contributed by atoms with van der Waals surface area (Å²) in [5.41, 5.74) is 2.23.